The molecule has 134 valence electrons. The lowest BCUT2D eigenvalue weighted by molar-refractivity contribution is 0.432. The van der Waals surface area contributed by atoms with Crippen molar-refractivity contribution in [2.24, 2.45) is 0 Å². The SMILES string of the molecule is Cc1ccc(S(=O)(=O)Oc2c(C)ccc3c2C(C)(C)C(C)N3C)cc1. The van der Waals surface area contributed by atoms with Crippen molar-refractivity contribution in [3.8, 4) is 5.75 Å². The van der Waals surface area contributed by atoms with E-state index in [-0.39, 0.29) is 16.4 Å². The molecule has 1 aliphatic rings. The molecule has 0 fully saturated rings. The predicted octanol–water partition coefficient (Wildman–Crippen LogP) is 4.19. The third-order valence-corrected chi connectivity index (χ3v) is 6.72. The van der Waals surface area contributed by atoms with E-state index in [4.69, 9.17) is 4.18 Å². The second kappa shape index (κ2) is 5.77. The Labute approximate surface area is 150 Å². The molecule has 0 saturated heterocycles. The molecular formula is C20H25NO3S. The lowest BCUT2D eigenvalue weighted by Gasteiger charge is -2.29. The first-order valence-corrected chi connectivity index (χ1v) is 9.84. The Bertz CT molecular complexity index is 915. The van der Waals surface area contributed by atoms with Crippen LogP contribution >= 0.6 is 0 Å². The minimum absolute atomic E-state index is 0.173. The summed E-state index contributed by atoms with van der Waals surface area (Å²) < 4.78 is 31.3. The Hall–Kier alpha value is -2.01. The van der Waals surface area contributed by atoms with E-state index in [0.29, 0.717) is 5.75 Å². The Morgan fingerprint density at radius 1 is 1.04 bits per heavy atom. The molecule has 1 atom stereocenters. The summed E-state index contributed by atoms with van der Waals surface area (Å²) in [5, 5.41) is 0. The molecule has 5 heteroatoms. The first kappa shape index (κ1) is 17.8. The van der Waals surface area contributed by atoms with E-state index in [1.165, 1.54) is 0 Å². The summed E-state index contributed by atoms with van der Waals surface area (Å²) in [5.41, 5.74) is 3.60. The van der Waals surface area contributed by atoms with Gasteiger partial charge in [-0.1, -0.05) is 37.6 Å². The van der Waals surface area contributed by atoms with Crippen LogP contribution in [-0.2, 0) is 15.5 Å². The normalized spacial score (nSPS) is 19.0. The second-order valence-corrected chi connectivity index (χ2v) is 9.01. The van der Waals surface area contributed by atoms with Gasteiger partial charge in [0.25, 0.3) is 0 Å². The van der Waals surface area contributed by atoms with Gasteiger partial charge in [-0.3, -0.25) is 0 Å². The van der Waals surface area contributed by atoms with Crippen LogP contribution < -0.4 is 9.08 Å². The van der Waals surface area contributed by atoms with Crippen LogP contribution in [0.2, 0.25) is 0 Å². The largest absolute Gasteiger partial charge is 0.378 e. The monoisotopic (exact) mass is 359 g/mol. The van der Waals surface area contributed by atoms with Crippen molar-refractivity contribution in [3.63, 3.8) is 0 Å². The molecule has 25 heavy (non-hydrogen) atoms. The van der Waals surface area contributed by atoms with Gasteiger partial charge in [0, 0.05) is 29.8 Å². The highest BCUT2D eigenvalue weighted by molar-refractivity contribution is 7.87. The molecule has 1 unspecified atom stereocenters. The third-order valence-electron chi connectivity index (χ3n) is 5.48. The second-order valence-electron chi connectivity index (χ2n) is 7.46. The van der Waals surface area contributed by atoms with E-state index < -0.39 is 10.1 Å². The fourth-order valence-electron chi connectivity index (χ4n) is 3.46. The first-order valence-electron chi connectivity index (χ1n) is 8.44. The van der Waals surface area contributed by atoms with Crippen LogP contribution in [0, 0.1) is 13.8 Å². The average Bonchev–Trinajstić information content (AvgIpc) is 2.71. The Morgan fingerprint density at radius 3 is 2.24 bits per heavy atom. The van der Waals surface area contributed by atoms with E-state index in [2.05, 4.69) is 25.7 Å². The van der Waals surface area contributed by atoms with E-state index >= 15 is 0 Å². The number of fused-ring (bicyclic) bond motifs is 1. The summed E-state index contributed by atoms with van der Waals surface area (Å²) >= 11 is 0. The number of aryl methyl sites for hydroxylation is 2. The van der Waals surface area contributed by atoms with Gasteiger partial charge in [0.05, 0.1) is 0 Å². The molecule has 1 heterocycles. The zero-order valence-electron chi connectivity index (χ0n) is 15.6. The quantitative estimate of drug-likeness (QED) is 0.771. The Kier molecular flexibility index (Phi) is 4.11. The van der Waals surface area contributed by atoms with Crippen molar-refractivity contribution in [2.45, 2.75) is 51.0 Å². The molecule has 0 amide bonds. The summed E-state index contributed by atoms with van der Waals surface area (Å²) in [6.45, 7) is 10.2. The van der Waals surface area contributed by atoms with Crippen LogP contribution in [0.3, 0.4) is 0 Å². The number of hydrogen-bond acceptors (Lipinski definition) is 4. The maximum atomic E-state index is 12.8. The van der Waals surface area contributed by atoms with Gasteiger partial charge >= 0.3 is 10.1 Å². The van der Waals surface area contributed by atoms with Gasteiger partial charge < -0.3 is 9.08 Å². The van der Waals surface area contributed by atoms with E-state index in [1.54, 1.807) is 24.3 Å². The van der Waals surface area contributed by atoms with Gasteiger partial charge in [-0.05, 0) is 44.5 Å². The molecule has 0 radical (unpaired) electrons. The third kappa shape index (κ3) is 2.80. The highest BCUT2D eigenvalue weighted by atomic mass is 32.2. The van der Waals surface area contributed by atoms with Crippen molar-refractivity contribution in [1.29, 1.82) is 0 Å². The fourth-order valence-corrected chi connectivity index (χ4v) is 4.46. The predicted molar refractivity (Wildman–Crippen MR) is 101 cm³/mol. The minimum Gasteiger partial charge on any atom is -0.378 e. The number of benzene rings is 2. The standard InChI is InChI=1S/C20H25NO3S/c1-13-7-10-16(11-8-13)25(22,23)24-19-14(2)9-12-17-18(19)20(4,5)15(3)21(17)6/h7-12,15H,1-6H3. The summed E-state index contributed by atoms with van der Waals surface area (Å²) in [6, 6.07) is 10.9. The lowest BCUT2D eigenvalue weighted by atomic mass is 9.80. The van der Waals surface area contributed by atoms with Gasteiger partial charge in [-0.15, -0.1) is 0 Å². The van der Waals surface area contributed by atoms with Crippen LogP contribution in [-0.4, -0.2) is 21.5 Å². The Balaban J connectivity index is 2.12. The molecule has 0 aliphatic carbocycles. The number of nitrogens with zero attached hydrogens (tertiary/aromatic N) is 1. The van der Waals surface area contributed by atoms with E-state index in [0.717, 1.165) is 22.4 Å². The number of rotatable bonds is 3. The van der Waals surface area contributed by atoms with Gasteiger partial charge in [0.15, 0.2) is 5.75 Å². The van der Waals surface area contributed by atoms with Gasteiger partial charge in [0.2, 0.25) is 0 Å². The molecule has 0 saturated carbocycles. The van der Waals surface area contributed by atoms with Gasteiger partial charge in [-0.25, -0.2) is 0 Å². The van der Waals surface area contributed by atoms with Crippen molar-refractivity contribution in [1.82, 2.24) is 0 Å². The highest BCUT2D eigenvalue weighted by Crippen LogP contribution is 2.50. The Morgan fingerprint density at radius 2 is 1.64 bits per heavy atom. The summed E-state index contributed by atoms with van der Waals surface area (Å²) in [6.07, 6.45) is 0. The summed E-state index contributed by atoms with van der Waals surface area (Å²) in [7, 11) is -1.84. The molecule has 0 spiro atoms. The van der Waals surface area contributed by atoms with Crippen LogP contribution in [0.5, 0.6) is 5.75 Å². The van der Waals surface area contributed by atoms with Crippen LogP contribution in [0.25, 0.3) is 0 Å². The molecule has 2 aromatic rings. The van der Waals surface area contributed by atoms with E-state index in [1.807, 2.05) is 33.0 Å². The fraction of sp³-hybridized carbons (Fsp3) is 0.400. The highest BCUT2D eigenvalue weighted by Gasteiger charge is 2.43. The van der Waals surface area contributed by atoms with Gasteiger partial charge in [0.1, 0.15) is 4.90 Å². The smallest absolute Gasteiger partial charge is 0.339 e. The summed E-state index contributed by atoms with van der Waals surface area (Å²) in [5.74, 6) is 0.458. The van der Waals surface area contributed by atoms with Gasteiger partial charge in [-0.2, -0.15) is 8.42 Å². The summed E-state index contributed by atoms with van der Waals surface area (Å²) in [4.78, 5) is 2.35. The number of hydrogen-bond donors (Lipinski definition) is 0. The molecule has 2 aromatic carbocycles. The molecule has 3 rings (SSSR count). The maximum Gasteiger partial charge on any atom is 0.339 e. The molecule has 0 bridgehead atoms. The molecule has 1 aliphatic heterocycles. The van der Waals surface area contributed by atoms with Crippen molar-refractivity contribution >= 4 is 15.8 Å². The van der Waals surface area contributed by atoms with Crippen molar-refractivity contribution < 1.29 is 12.6 Å². The van der Waals surface area contributed by atoms with Crippen molar-refractivity contribution in [2.75, 3.05) is 11.9 Å². The maximum absolute atomic E-state index is 12.8. The van der Waals surface area contributed by atoms with Crippen LogP contribution in [0.15, 0.2) is 41.3 Å². The first-order chi connectivity index (χ1) is 11.6. The zero-order chi connectivity index (χ0) is 18.6. The van der Waals surface area contributed by atoms with Crippen LogP contribution in [0.1, 0.15) is 37.5 Å². The van der Waals surface area contributed by atoms with Crippen LogP contribution in [0.4, 0.5) is 5.69 Å². The molecule has 4 nitrogen and oxygen atoms in total. The van der Waals surface area contributed by atoms with E-state index in [9.17, 15) is 8.42 Å². The molecule has 0 N–H and O–H groups in total. The topological polar surface area (TPSA) is 46.6 Å². The average molecular weight is 359 g/mol. The number of likely N-dealkylation sites (N-methyl/N-ethyl adjacent to an activating group) is 1. The number of anilines is 1. The molecular weight excluding hydrogens is 334 g/mol. The zero-order valence-corrected chi connectivity index (χ0v) is 16.4. The minimum atomic E-state index is -3.88. The lowest BCUT2D eigenvalue weighted by Crippen LogP contribution is -2.36. The van der Waals surface area contributed by atoms with Crippen molar-refractivity contribution in [3.05, 3.63) is 53.1 Å². The molecule has 0 aromatic heterocycles.